The predicted molar refractivity (Wildman–Crippen MR) is 59.5 cm³/mol. The van der Waals surface area contributed by atoms with Crippen LogP contribution in [0.15, 0.2) is 18.2 Å². The average Bonchev–Trinajstić information content (AvgIpc) is 2.16. The third-order valence-electron chi connectivity index (χ3n) is 2.12. The molecule has 4 nitrogen and oxygen atoms in total. The summed E-state index contributed by atoms with van der Waals surface area (Å²) in [7, 11) is 0. The second-order valence-electron chi connectivity index (χ2n) is 3.46. The Balaban J connectivity index is 2.84. The van der Waals surface area contributed by atoms with E-state index in [4.69, 9.17) is 16.2 Å². The summed E-state index contributed by atoms with van der Waals surface area (Å²) in [5.41, 5.74) is 12.5. The van der Waals surface area contributed by atoms with E-state index in [1.807, 2.05) is 19.9 Å². The van der Waals surface area contributed by atoms with Gasteiger partial charge in [0.25, 0.3) is 5.91 Å². The molecule has 4 N–H and O–H groups in total. The molecule has 1 rings (SSSR count). The summed E-state index contributed by atoms with van der Waals surface area (Å²) in [4.78, 5) is 11.0. The van der Waals surface area contributed by atoms with Crippen molar-refractivity contribution >= 4 is 11.6 Å². The SMILES string of the molecule is CCC(Oc1ccc(C)cc1N)C(N)=O. The molecule has 0 saturated heterocycles. The molecule has 0 aliphatic heterocycles. The van der Waals surface area contributed by atoms with Crippen LogP contribution in [0, 0.1) is 6.92 Å². The average molecular weight is 208 g/mol. The molecule has 0 fully saturated rings. The summed E-state index contributed by atoms with van der Waals surface area (Å²) in [5, 5.41) is 0. The molecule has 1 amide bonds. The van der Waals surface area contributed by atoms with E-state index in [9.17, 15) is 4.79 Å². The van der Waals surface area contributed by atoms with Crippen LogP contribution in [0.4, 0.5) is 5.69 Å². The summed E-state index contributed by atoms with van der Waals surface area (Å²) in [6.45, 7) is 3.77. The third kappa shape index (κ3) is 2.87. The van der Waals surface area contributed by atoms with Crippen LogP contribution in [0.2, 0.25) is 0 Å². The van der Waals surface area contributed by atoms with Crippen molar-refractivity contribution in [3.05, 3.63) is 23.8 Å². The number of hydrogen-bond donors (Lipinski definition) is 2. The molecule has 1 atom stereocenters. The zero-order chi connectivity index (χ0) is 11.4. The highest BCUT2D eigenvalue weighted by Gasteiger charge is 2.15. The molecule has 1 aromatic carbocycles. The lowest BCUT2D eigenvalue weighted by Crippen LogP contribution is -2.33. The predicted octanol–water partition coefficient (Wildman–Crippen LogP) is 1.22. The first-order valence-electron chi connectivity index (χ1n) is 4.86. The first kappa shape index (κ1) is 11.4. The number of carbonyl (C=O) groups is 1. The Morgan fingerprint density at radius 2 is 2.20 bits per heavy atom. The third-order valence-corrected chi connectivity index (χ3v) is 2.12. The van der Waals surface area contributed by atoms with Gasteiger partial charge in [0.2, 0.25) is 0 Å². The minimum absolute atomic E-state index is 0.475. The minimum atomic E-state index is -0.616. The Hall–Kier alpha value is -1.71. The number of benzene rings is 1. The van der Waals surface area contributed by atoms with E-state index >= 15 is 0 Å². The first-order chi connectivity index (χ1) is 7.04. The molecule has 0 aromatic heterocycles. The molecule has 15 heavy (non-hydrogen) atoms. The zero-order valence-corrected chi connectivity index (χ0v) is 8.99. The van der Waals surface area contributed by atoms with Gasteiger partial charge >= 0.3 is 0 Å². The number of carbonyl (C=O) groups excluding carboxylic acids is 1. The molecule has 0 aliphatic rings. The van der Waals surface area contributed by atoms with Crippen molar-refractivity contribution in [1.82, 2.24) is 0 Å². The summed E-state index contributed by atoms with van der Waals surface area (Å²) in [5.74, 6) is 0.0312. The first-order valence-corrected chi connectivity index (χ1v) is 4.86. The molecule has 1 aromatic rings. The highest BCUT2D eigenvalue weighted by Crippen LogP contribution is 2.23. The van der Waals surface area contributed by atoms with Crippen molar-refractivity contribution in [2.45, 2.75) is 26.4 Å². The lowest BCUT2D eigenvalue weighted by Gasteiger charge is -2.15. The standard InChI is InChI=1S/C11H16N2O2/c1-3-9(11(13)14)15-10-5-4-7(2)6-8(10)12/h4-6,9H,3,12H2,1-2H3,(H2,13,14). The number of aryl methyl sites for hydroxylation is 1. The van der Waals surface area contributed by atoms with Gasteiger partial charge in [0.05, 0.1) is 5.69 Å². The largest absolute Gasteiger partial charge is 0.478 e. The lowest BCUT2D eigenvalue weighted by atomic mass is 10.2. The van der Waals surface area contributed by atoms with E-state index in [2.05, 4.69) is 0 Å². The van der Waals surface area contributed by atoms with Crippen molar-refractivity contribution < 1.29 is 9.53 Å². The molecular weight excluding hydrogens is 192 g/mol. The lowest BCUT2D eigenvalue weighted by molar-refractivity contribution is -0.124. The van der Waals surface area contributed by atoms with E-state index in [-0.39, 0.29) is 0 Å². The Labute approximate surface area is 89.2 Å². The summed E-state index contributed by atoms with van der Waals surface area (Å²) in [6, 6.07) is 5.42. The molecule has 1 unspecified atom stereocenters. The van der Waals surface area contributed by atoms with E-state index in [0.29, 0.717) is 17.9 Å². The van der Waals surface area contributed by atoms with E-state index in [0.717, 1.165) is 5.56 Å². The van der Waals surface area contributed by atoms with Crippen molar-refractivity contribution in [2.75, 3.05) is 5.73 Å². The number of nitrogen functional groups attached to an aromatic ring is 1. The van der Waals surface area contributed by atoms with Crippen molar-refractivity contribution in [3.63, 3.8) is 0 Å². The maximum absolute atomic E-state index is 11.0. The Morgan fingerprint density at radius 3 is 2.67 bits per heavy atom. The van der Waals surface area contributed by atoms with Crippen LogP contribution in [-0.2, 0) is 4.79 Å². The number of hydrogen-bond acceptors (Lipinski definition) is 3. The number of nitrogens with two attached hydrogens (primary N) is 2. The van der Waals surface area contributed by atoms with Crippen LogP contribution in [0.25, 0.3) is 0 Å². The second-order valence-corrected chi connectivity index (χ2v) is 3.46. The van der Waals surface area contributed by atoms with Gasteiger partial charge in [-0.2, -0.15) is 0 Å². The molecular formula is C11H16N2O2. The molecule has 0 radical (unpaired) electrons. The molecule has 0 heterocycles. The molecule has 82 valence electrons. The van der Waals surface area contributed by atoms with Crippen LogP contribution >= 0.6 is 0 Å². The van der Waals surface area contributed by atoms with E-state index in [1.54, 1.807) is 12.1 Å². The van der Waals surface area contributed by atoms with Crippen molar-refractivity contribution in [3.8, 4) is 5.75 Å². The Morgan fingerprint density at radius 1 is 1.53 bits per heavy atom. The van der Waals surface area contributed by atoms with Gasteiger partial charge in [0.1, 0.15) is 5.75 Å². The fourth-order valence-electron chi connectivity index (χ4n) is 1.27. The van der Waals surface area contributed by atoms with Crippen LogP contribution < -0.4 is 16.2 Å². The number of anilines is 1. The van der Waals surface area contributed by atoms with Gasteiger partial charge in [-0.1, -0.05) is 13.0 Å². The van der Waals surface area contributed by atoms with Gasteiger partial charge in [0.15, 0.2) is 6.10 Å². The quantitative estimate of drug-likeness (QED) is 0.730. The van der Waals surface area contributed by atoms with Crippen LogP contribution in [-0.4, -0.2) is 12.0 Å². The van der Waals surface area contributed by atoms with Gasteiger partial charge < -0.3 is 16.2 Å². The molecule has 0 aliphatic carbocycles. The van der Waals surface area contributed by atoms with Crippen LogP contribution in [0.3, 0.4) is 0 Å². The van der Waals surface area contributed by atoms with Crippen molar-refractivity contribution in [2.24, 2.45) is 5.73 Å². The molecule has 0 bridgehead atoms. The van der Waals surface area contributed by atoms with Crippen LogP contribution in [0.5, 0.6) is 5.75 Å². The highest BCUT2D eigenvalue weighted by molar-refractivity contribution is 5.79. The van der Waals surface area contributed by atoms with Crippen LogP contribution in [0.1, 0.15) is 18.9 Å². The summed E-state index contributed by atoms with van der Waals surface area (Å²) < 4.78 is 5.41. The number of rotatable bonds is 4. The highest BCUT2D eigenvalue weighted by atomic mass is 16.5. The summed E-state index contributed by atoms with van der Waals surface area (Å²) in [6.07, 6.45) is -0.0853. The number of amides is 1. The van der Waals surface area contributed by atoms with E-state index < -0.39 is 12.0 Å². The second kappa shape index (κ2) is 4.68. The maximum Gasteiger partial charge on any atom is 0.258 e. The minimum Gasteiger partial charge on any atom is -0.478 e. The van der Waals surface area contributed by atoms with Gasteiger partial charge in [-0.3, -0.25) is 4.79 Å². The van der Waals surface area contributed by atoms with Crippen molar-refractivity contribution in [1.29, 1.82) is 0 Å². The Bertz CT molecular complexity index is 364. The number of ether oxygens (including phenoxy) is 1. The fraction of sp³-hybridized carbons (Fsp3) is 0.364. The normalized spacial score (nSPS) is 12.1. The number of primary amides is 1. The zero-order valence-electron chi connectivity index (χ0n) is 8.99. The van der Waals surface area contributed by atoms with Gasteiger partial charge in [-0.05, 0) is 31.0 Å². The maximum atomic E-state index is 11.0. The van der Waals surface area contributed by atoms with Gasteiger partial charge in [-0.25, -0.2) is 0 Å². The topological polar surface area (TPSA) is 78.3 Å². The van der Waals surface area contributed by atoms with E-state index in [1.165, 1.54) is 0 Å². The monoisotopic (exact) mass is 208 g/mol. The van der Waals surface area contributed by atoms with Gasteiger partial charge in [0, 0.05) is 0 Å². The molecule has 0 saturated carbocycles. The smallest absolute Gasteiger partial charge is 0.258 e. The van der Waals surface area contributed by atoms with Gasteiger partial charge in [-0.15, -0.1) is 0 Å². The molecule has 4 heteroatoms. The summed E-state index contributed by atoms with van der Waals surface area (Å²) >= 11 is 0. The fourth-order valence-corrected chi connectivity index (χ4v) is 1.27. The Kier molecular flexibility index (Phi) is 3.55. The molecule has 0 spiro atoms.